The third kappa shape index (κ3) is 0.837. The Balaban J connectivity index is 2.54. The van der Waals surface area contributed by atoms with Crippen molar-refractivity contribution < 1.29 is 8.78 Å². The lowest BCUT2D eigenvalue weighted by molar-refractivity contribution is 0.0969. The van der Waals surface area contributed by atoms with Crippen LogP contribution in [-0.2, 0) is 0 Å². The molecule has 0 saturated heterocycles. The summed E-state index contributed by atoms with van der Waals surface area (Å²) in [5, 5.41) is 0. The molecule has 1 rings (SSSR count). The number of alkyl halides is 2. The van der Waals surface area contributed by atoms with E-state index in [9.17, 15) is 8.78 Å². The molecule has 0 radical (unpaired) electrons. The van der Waals surface area contributed by atoms with Crippen LogP contribution < -0.4 is 0 Å². The van der Waals surface area contributed by atoms with Crippen molar-refractivity contribution in [2.45, 2.75) is 38.0 Å². The molecule has 0 aromatic heterocycles. The molecule has 2 unspecified atom stereocenters. The average molecular weight is 120 g/mol. The Morgan fingerprint density at radius 2 is 2.25 bits per heavy atom. The topological polar surface area (TPSA) is 0 Å². The van der Waals surface area contributed by atoms with Crippen LogP contribution in [0.2, 0.25) is 0 Å². The molecule has 0 aliphatic heterocycles. The Morgan fingerprint density at radius 3 is 2.38 bits per heavy atom. The minimum absolute atomic E-state index is 0.397. The van der Waals surface area contributed by atoms with Crippen LogP contribution in [0, 0.1) is 0 Å². The molecule has 0 aromatic rings. The highest BCUT2D eigenvalue weighted by atomic mass is 19.2. The van der Waals surface area contributed by atoms with Gasteiger partial charge in [0.05, 0.1) is 0 Å². The summed E-state index contributed by atoms with van der Waals surface area (Å²) >= 11 is 0. The SMILES string of the molecule is CC1(F)CCCC1F. The molecule has 0 bridgehead atoms. The summed E-state index contributed by atoms with van der Waals surface area (Å²) in [5.74, 6) is 0. The van der Waals surface area contributed by atoms with Crippen LogP contribution in [-0.4, -0.2) is 11.8 Å². The molecule has 0 nitrogen and oxygen atoms in total. The van der Waals surface area contributed by atoms with Crippen molar-refractivity contribution in [2.75, 3.05) is 0 Å². The van der Waals surface area contributed by atoms with Gasteiger partial charge >= 0.3 is 0 Å². The maximum atomic E-state index is 12.6. The van der Waals surface area contributed by atoms with Crippen molar-refractivity contribution in [1.29, 1.82) is 0 Å². The molecule has 1 fully saturated rings. The van der Waals surface area contributed by atoms with Gasteiger partial charge in [-0.3, -0.25) is 0 Å². The fourth-order valence-corrected chi connectivity index (χ4v) is 1.08. The molecule has 48 valence electrons. The number of hydrogen-bond donors (Lipinski definition) is 0. The smallest absolute Gasteiger partial charge is 0.139 e. The Bertz CT molecular complexity index is 88.5. The van der Waals surface area contributed by atoms with E-state index in [4.69, 9.17) is 0 Å². The second-order valence-corrected chi connectivity index (χ2v) is 2.64. The summed E-state index contributed by atoms with van der Waals surface area (Å²) in [6.45, 7) is 1.34. The number of hydrogen-bond acceptors (Lipinski definition) is 0. The summed E-state index contributed by atoms with van der Waals surface area (Å²) in [5.41, 5.74) is -1.51. The van der Waals surface area contributed by atoms with Crippen LogP contribution in [0.5, 0.6) is 0 Å². The van der Waals surface area contributed by atoms with Crippen molar-refractivity contribution in [2.24, 2.45) is 0 Å². The third-order valence-corrected chi connectivity index (χ3v) is 1.78. The largest absolute Gasteiger partial charge is 0.244 e. The lowest BCUT2D eigenvalue weighted by Crippen LogP contribution is -2.24. The summed E-state index contributed by atoms with van der Waals surface area (Å²) in [4.78, 5) is 0. The fourth-order valence-electron chi connectivity index (χ4n) is 1.08. The Hall–Kier alpha value is -0.140. The molecular weight excluding hydrogens is 110 g/mol. The summed E-state index contributed by atoms with van der Waals surface area (Å²) in [6.07, 6.45) is 0.303. The van der Waals surface area contributed by atoms with Crippen LogP contribution in [0.4, 0.5) is 8.78 Å². The minimum Gasteiger partial charge on any atom is -0.244 e. The van der Waals surface area contributed by atoms with Gasteiger partial charge in [0.15, 0.2) is 0 Å². The third-order valence-electron chi connectivity index (χ3n) is 1.78. The zero-order chi connectivity index (χ0) is 6.20. The molecule has 0 aromatic carbocycles. The molecular formula is C6H10F2. The van der Waals surface area contributed by atoms with Gasteiger partial charge in [-0.1, -0.05) is 0 Å². The first-order chi connectivity index (χ1) is 3.63. The number of rotatable bonds is 0. The lowest BCUT2D eigenvalue weighted by Gasteiger charge is -2.13. The standard InChI is InChI=1S/C6H10F2/c1-6(8)4-2-3-5(6)7/h5H,2-4H2,1H3. The van der Waals surface area contributed by atoms with Gasteiger partial charge in [0.1, 0.15) is 11.8 Å². The van der Waals surface area contributed by atoms with E-state index in [1.165, 1.54) is 6.92 Å². The van der Waals surface area contributed by atoms with Gasteiger partial charge in [0.2, 0.25) is 0 Å². The number of halogens is 2. The lowest BCUT2D eigenvalue weighted by atomic mass is 10.1. The van der Waals surface area contributed by atoms with Crippen LogP contribution in [0.1, 0.15) is 26.2 Å². The van der Waals surface area contributed by atoms with Gasteiger partial charge in [-0.2, -0.15) is 0 Å². The van der Waals surface area contributed by atoms with Gasteiger partial charge in [-0.25, -0.2) is 8.78 Å². The van der Waals surface area contributed by atoms with Crippen LogP contribution in [0.3, 0.4) is 0 Å². The summed E-state index contributed by atoms with van der Waals surface area (Å²) < 4.78 is 25.0. The van der Waals surface area contributed by atoms with Crippen molar-refractivity contribution in [1.82, 2.24) is 0 Å². The Labute approximate surface area is 47.9 Å². The molecule has 1 aliphatic rings. The van der Waals surface area contributed by atoms with Crippen molar-refractivity contribution >= 4 is 0 Å². The zero-order valence-electron chi connectivity index (χ0n) is 4.95. The van der Waals surface area contributed by atoms with E-state index in [0.717, 1.165) is 0 Å². The predicted octanol–water partition coefficient (Wildman–Crippen LogP) is 2.24. The van der Waals surface area contributed by atoms with E-state index in [0.29, 0.717) is 19.3 Å². The monoisotopic (exact) mass is 120 g/mol. The van der Waals surface area contributed by atoms with E-state index in [1.807, 2.05) is 0 Å². The van der Waals surface area contributed by atoms with E-state index < -0.39 is 11.8 Å². The molecule has 2 heteroatoms. The van der Waals surface area contributed by atoms with Gasteiger partial charge in [-0.05, 0) is 26.2 Å². The van der Waals surface area contributed by atoms with Crippen molar-refractivity contribution in [3.8, 4) is 0 Å². The highest BCUT2D eigenvalue weighted by Crippen LogP contribution is 2.35. The maximum Gasteiger partial charge on any atom is 0.139 e. The molecule has 8 heavy (non-hydrogen) atoms. The first kappa shape index (κ1) is 5.99. The zero-order valence-corrected chi connectivity index (χ0v) is 4.95. The minimum atomic E-state index is -1.51. The van der Waals surface area contributed by atoms with E-state index >= 15 is 0 Å². The molecule has 0 heterocycles. The normalized spacial score (nSPS) is 47.6. The molecule has 0 spiro atoms. The first-order valence-corrected chi connectivity index (χ1v) is 2.96. The molecule has 1 saturated carbocycles. The second-order valence-electron chi connectivity index (χ2n) is 2.64. The maximum absolute atomic E-state index is 12.6. The highest BCUT2D eigenvalue weighted by molar-refractivity contribution is 4.88. The average Bonchev–Trinajstić information content (AvgIpc) is 1.86. The van der Waals surface area contributed by atoms with Crippen LogP contribution in [0.15, 0.2) is 0 Å². The predicted molar refractivity (Wildman–Crippen MR) is 28.3 cm³/mol. The first-order valence-electron chi connectivity index (χ1n) is 2.96. The van der Waals surface area contributed by atoms with E-state index in [1.54, 1.807) is 0 Å². The van der Waals surface area contributed by atoms with Crippen molar-refractivity contribution in [3.05, 3.63) is 0 Å². The van der Waals surface area contributed by atoms with Crippen LogP contribution in [0.25, 0.3) is 0 Å². The summed E-state index contributed by atoms with van der Waals surface area (Å²) in [6, 6.07) is 0. The Kier molecular flexibility index (Phi) is 1.25. The molecule has 0 N–H and O–H groups in total. The second kappa shape index (κ2) is 1.67. The quantitative estimate of drug-likeness (QED) is 0.460. The fraction of sp³-hybridized carbons (Fsp3) is 1.00. The van der Waals surface area contributed by atoms with E-state index in [2.05, 4.69) is 0 Å². The highest BCUT2D eigenvalue weighted by Gasteiger charge is 2.38. The van der Waals surface area contributed by atoms with Gasteiger partial charge in [-0.15, -0.1) is 0 Å². The van der Waals surface area contributed by atoms with Gasteiger partial charge < -0.3 is 0 Å². The Morgan fingerprint density at radius 1 is 1.62 bits per heavy atom. The molecule has 1 aliphatic carbocycles. The molecule has 2 atom stereocenters. The molecule has 0 amide bonds. The van der Waals surface area contributed by atoms with Crippen LogP contribution >= 0.6 is 0 Å². The van der Waals surface area contributed by atoms with Gasteiger partial charge in [0.25, 0.3) is 0 Å². The van der Waals surface area contributed by atoms with E-state index in [-0.39, 0.29) is 0 Å². The van der Waals surface area contributed by atoms with Gasteiger partial charge in [0, 0.05) is 0 Å². The van der Waals surface area contributed by atoms with Crippen molar-refractivity contribution in [3.63, 3.8) is 0 Å². The summed E-state index contributed by atoms with van der Waals surface area (Å²) in [7, 11) is 0.